The van der Waals surface area contributed by atoms with Crippen LogP contribution in [0.25, 0.3) is 27.5 Å². The maximum absolute atomic E-state index is 13.1. The fraction of sp³-hybridized carbons (Fsp3) is 0.105. The molecule has 2 aromatic heterocycles. The fourth-order valence-corrected chi connectivity index (χ4v) is 3.23. The lowest BCUT2D eigenvalue weighted by atomic mass is 10.1. The van der Waals surface area contributed by atoms with E-state index in [-0.39, 0.29) is 22.0 Å². The summed E-state index contributed by atoms with van der Waals surface area (Å²) < 4.78 is 11.4. The number of nitrogens with one attached hydrogen (secondary N) is 2. The third-order valence-electron chi connectivity index (χ3n) is 4.41. The zero-order valence-electron chi connectivity index (χ0n) is 14.8. The molecule has 0 saturated heterocycles. The molecule has 0 unspecified atom stereocenters. The van der Waals surface area contributed by atoms with E-state index in [9.17, 15) is 14.4 Å². The summed E-state index contributed by atoms with van der Waals surface area (Å²) in [5.74, 6) is 0.841. The van der Waals surface area contributed by atoms with Gasteiger partial charge < -0.3 is 14.5 Å². The molecule has 0 radical (unpaired) electrons. The smallest absolute Gasteiger partial charge is 0.287 e. The van der Waals surface area contributed by atoms with Gasteiger partial charge in [-0.15, -0.1) is 0 Å². The van der Waals surface area contributed by atoms with Crippen molar-refractivity contribution in [1.82, 2.24) is 14.8 Å². The molecule has 0 aliphatic carbocycles. The molecule has 2 heterocycles. The van der Waals surface area contributed by atoms with Gasteiger partial charge in [0.2, 0.25) is 5.43 Å². The van der Waals surface area contributed by atoms with E-state index in [0.717, 1.165) is 4.68 Å². The average molecular weight is 400 g/mol. The molecule has 0 saturated carbocycles. The fourth-order valence-electron chi connectivity index (χ4n) is 3.06. The summed E-state index contributed by atoms with van der Waals surface area (Å²) in [6, 6.07) is 9.29. The number of halogens is 1. The molecule has 0 fully saturated rings. The van der Waals surface area contributed by atoms with Crippen molar-refractivity contribution in [2.75, 3.05) is 14.2 Å². The highest BCUT2D eigenvalue weighted by atomic mass is 35.5. The van der Waals surface area contributed by atoms with Gasteiger partial charge in [0.15, 0.2) is 0 Å². The van der Waals surface area contributed by atoms with E-state index < -0.39 is 16.5 Å². The van der Waals surface area contributed by atoms with Crippen molar-refractivity contribution < 1.29 is 9.47 Å². The molecule has 0 aliphatic heterocycles. The quantitative estimate of drug-likeness (QED) is 0.514. The highest BCUT2D eigenvalue weighted by Gasteiger charge is 2.16. The van der Waals surface area contributed by atoms with Gasteiger partial charge in [0, 0.05) is 28.6 Å². The first-order valence-corrected chi connectivity index (χ1v) is 8.54. The van der Waals surface area contributed by atoms with Crippen LogP contribution in [0.4, 0.5) is 0 Å². The number of hydrogen-bond donors (Lipinski definition) is 2. The molecule has 2 aromatic carbocycles. The lowest BCUT2D eigenvalue weighted by Gasteiger charge is -2.11. The monoisotopic (exact) mass is 399 g/mol. The lowest BCUT2D eigenvalue weighted by Crippen LogP contribution is -2.32. The van der Waals surface area contributed by atoms with E-state index in [1.165, 1.54) is 26.4 Å². The maximum Gasteiger partial charge on any atom is 0.287 e. The highest BCUT2D eigenvalue weighted by molar-refractivity contribution is 6.31. The summed E-state index contributed by atoms with van der Waals surface area (Å²) >= 11 is 5.96. The maximum atomic E-state index is 13.1. The number of benzene rings is 2. The van der Waals surface area contributed by atoms with Crippen molar-refractivity contribution in [2.45, 2.75) is 0 Å². The van der Waals surface area contributed by atoms with E-state index in [2.05, 4.69) is 10.1 Å². The summed E-state index contributed by atoms with van der Waals surface area (Å²) in [5, 5.41) is 2.89. The first-order chi connectivity index (χ1) is 13.4. The van der Waals surface area contributed by atoms with Crippen LogP contribution in [-0.4, -0.2) is 29.0 Å². The van der Waals surface area contributed by atoms with Gasteiger partial charge in [-0.05, 0) is 18.2 Å². The zero-order chi connectivity index (χ0) is 20.0. The molecular formula is C19H14ClN3O5. The van der Waals surface area contributed by atoms with Crippen LogP contribution < -0.4 is 26.0 Å². The second kappa shape index (κ2) is 6.58. The van der Waals surface area contributed by atoms with Crippen LogP contribution in [0.3, 0.4) is 0 Å². The van der Waals surface area contributed by atoms with E-state index in [1.54, 1.807) is 24.3 Å². The molecule has 0 bridgehead atoms. The SMILES string of the molecule is COc1cc(OC)cc(-n2[nH]c(=O)c3[nH]c4cc(Cl)ccc4c(=O)c3c2=O)c1. The summed E-state index contributed by atoms with van der Waals surface area (Å²) in [5.41, 5.74) is -1.32. The minimum Gasteiger partial charge on any atom is -0.497 e. The Balaban J connectivity index is 2.12. The predicted octanol–water partition coefficient (Wildman–Crippen LogP) is 2.19. The Hall–Kier alpha value is -3.52. The molecule has 0 spiro atoms. The Morgan fingerprint density at radius 2 is 1.64 bits per heavy atom. The van der Waals surface area contributed by atoms with Crippen LogP contribution in [0.5, 0.6) is 11.5 Å². The first-order valence-electron chi connectivity index (χ1n) is 8.17. The van der Waals surface area contributed by atoms with Crippen LogP contribution >= 0.6 is 11.6 Å². The summed E-state index contributed by atoms with van der Waals surface area (Å²) in [6.07, 6.45) is 0. The minimum atomic E-state index is -0.678. The summed E-state index contributed by atoms with van der Waals surface area (Å²) in [6.45, 7) is 0. The molecule has 28 heavy (non-hydrogen) atoms. The minimum absolute atomic E-state index is 0.115. The van der Waals surface area contributed by atoms with Crippen LogP contribution in [0.15, 0.2) is 50.8 Å². The van der Waals surface area contributed by atoms with E-state index >= 15 is 0 Å². The number of fused-ring (bicyclic) bond motifs is 2. The van der Waals surface area contributed by atoms with Crippen molar-refractivity contribution in [3.8, 4) is 17.2 Å². The van der Waals surface area contributed by atoms with Crippen LogP contribution in [0.2, 0.25) is 5.02 Å². The average Bonchev–Trinajstić information content (AvgIpc) is 2.69. The third-order valence-corrected chi connectivity index (χ3v) is 4.65. The zero-order valence-corrected chi connectivity index (χ0v) is 15.6. The highest BCUT2D eigenvalue weighted by Crippen LogP contribution is 2.24. The Morgan fingerprint density at radius 1 is 0.964 bits per heavy atom. The molecule has 0 aliphatic rings. The van der Waals surface area contributed by atoms with E-state index in [4.69, 9.17) is 21.1 Å². The number of pyridine rings is 1. The molecule has 8 nitrogen and oxygen atoms in total. The standard InChI is InChI=1S/C19H14ClN3O5/c1-27-11-6-10(7-12(8-11)28-2)23-19(26)15-16(18(25)22-23)21-14-5-9(20)3-4-13(14)17(15)24/h3-8H,1-2H3,(H,21,24)(H,22,25). The summed E-state index contributed by atoms with van der Waals surface area (Å²) in [4.78, 5) is 41.5. The molecular weight excluding hydrogens is 386 g/mol. The topological polar surface area (TPSA) is 106 Å². The van der Waals surface area contributed by atoms with Gasteiger partial charge in [-0.25, -0.2) is 4.68 Å². The third kappa shape index (κ3) is 2.74. The van der Waals surface area contributed by atoms with Crippen molar-refractivity contribution >= 4 is 33.4 Å². The second-order valence-electron chi connectivity index (χ2n) is 6.05. The Morgan fingerprint density at radius 3 is 2.29 bits per heavy atom. The van der Waals surface area contributed by atoms with Crippen molar-refractivity contribution in [2.24, 2.45) is 0 Å². The number of aromatic amines is 2. The van der Waals surface area contributed by atoms with Gasteiger partial charge in [0.1, 0.15) is 22.4 Å². The number of hydrogen-bond acceptors (Lipinski definition) is 5. The van der Waals surface area contributed by atoms with Gasteiger partial charge in [0.05, 0.1) is 25.4 Å². The molecule has 2 N–H and O–H groups in total. The van der Waals surface area contributed by atoms with E-state index in [0.29, 0.717) is 22.0 Å². The van der Waals surface area contributed by atoms with Gasteiger partial charge in [0.25, 0.3) is 11.1 Å². The number of rotatable bonds is 3. The number of ether oxygens (including phenoxy) is 2. The first kappa shape index (κ1) is 17.9. The number of methoxy groups -OCH3 is 2. The van der Waals surface area contributed by atoms with Gasteiger partial charge in [-0.2, -0.15) is 0 Å². The van der Waals surface area contributed by atoms with Gasteiger partial charge in [-0.3, -0.25) is 19.5 Å². The molecule has 4 aromatic rings. The predicted molar refractivity (Wildman–Crippen MR) is 106 cm³/mol. The molecule has 4 rings (SSSR count). The van der Waals surface area contributed by atoms with Gasteiger partial charge in [-0.1, -0.05) is 11.6 Å². The lowest BCUT2D eigenvalue weighted by molar-refractivity contribution is 0.393. The van der Waals surface area contributed by atoms with Crippen LogP contribution in [0, 0.1) is 0 Å². The largest absolute Gasteiger partial charge is 0.497 e. The molecule has 0 amide bonds. The Kier molecular flexibility index (Phi) is 4.20. The Bertz CT molecular complexity index is 1400. The molecule has 9 heteroatoms. The Labute approximate surface area is 161 Å². The van der Waals surface area contributed by atoms with Gasteiger partial charge >= 0.3 is 0 Å². The number of H-pyrrole nitrogens is 2. The van der Waals surface area contributed by atoms with Crippen molar-refractivity contribution in [3.05, 3.63) is 72.4 Å². The molecule has 142 valence electrons. The number of aromatic nitrogens is 3. The van der Waals surface area contributed by atoms with Crippen LogP contribution in [0.1, 0.15) is 0 Å². The van der Waals surface area contributed by atoms with E-state index in [1.807, 2.05) is 0 Å². The normalized spacial score (nSPS) is 11.1. The number of nitrogens with zero attached hydrogens (tertiary/aromatic N) is 1. The summed E-state index contributed by atoms with van der Waals surface area (Å²) in [7, 11) is 2.93. The van der Waals surface area contributed by atoms with Crippen molar-refractivity contribution in [1.29, 1.82) is 0 Å². The van der Waals surface area contributed by atoms with Crippen molar-refractivity contribution in [3.63, 3.8) is 0 Å². The second-order valence-corrected chi connectivity index (χ2v) is 6.48. The molecule has 0 atom stereocenters. The van der Waals surface area contributed by atoms with Crippen LogP contribution in [-0.2, 0) is 0 Å².